The van der Waals surface area contributed by atoms with Crippen LogP contribution in [-0.2, 0) is 0 Å². The van der Waals surface area contributed by atoms with Gasteiger partial charge in [0.25, 0.3) is 0 Å². The Morgan fingerprint density at radius 1 is 1.11 bits per heavy atom. The number of hydrogen-bond acceptors (Lipinski definition) is 1. The van der Waals surface area contributed by atoms with Crippen LogP contribution in [0.5, 0.6) is 0 Å². The lowest BCUT2D eigenvalue weighted by Gasteiger charge is -2.11. The molecule has 0 fully saturated rings. The number of carbonyl (C=O) groups is 1. The van der Waals surface area contributed by atoms with E-state index >= 15 is 0 Å². The van der Waals surface area contributed by atoms with E-state index in [1.165, 1.54) is 19.1 Å². The first kappa shape index (κ1) is 12.8. The van der Waals surface area contributed by atoms with E-state index in [-0.39, 0.29) is 11.6 Å². The normalized spacial score (nSPS) is 10.4. The summed E-state index contributed by atoms with van der Waals surface area (Å²) in [6.45, 7) is 3.33. The number of rotatable bonds is 2. The Kier molecular flexibility index (Phi) is 3.48. The minimum absolute atomic E-state index is 0.0944. The summed E-state index contributed by atoms with van der Waals surface area (Å²) in [5.41, 5.74) is 2.86. The molecule has 0 saturated carbocycles. The third kappa shape index (κ3) is 2.29. The van der Waals surface area contributed by atoms with Crippen LogP contribution in [0.3, 0.4) is 0 Å². The predicted octanol–water partition coefficient (Wildman–Crippen LogP) is 4.66. The van der Waals surface area contributed by atoms with Gasteiger partial charge in [-0.05, 0) is 42.7 Å². The van der Waals surface area contributed by atoms with E-state index in [2.05, 4.69) is 0 Å². The first-order chi connectivity index (χ1) is 8.50. The van der Waals surface area contributed by atoms with Gasteiger partial charge in [0.2, 0.25) is 0 Å². The van der Waals surface area contributed by atoms with E-state index in [4.69, 9.17) is 11.6 Å². The molecule has 0 aliphatic carbocycles. The number of carbonyl (C=O) groups excluding carboxylic acids is 1. The molecule has 2 aromatic rings. The van der Waals surface area contributed by atoms with Crippen LogP contribution in [-0.4, -0.2) is 5.78 Å². The number of Topliss-reactive ketones (excluding diaryl/α,β-unsaturated/α-hetero) is 1. The van der Waals surface area contributed by atoms with E-state index in [0.717, 1.165) is 16.7 Å². The molecule has 3 heteroatoms. The summed E-state index contributed by atoms with van der Waals surface area (Å²) < 4.78 is 12.9. The molecule has 0 aliphatic heterocycles. The Morgan fingerprint density at radius 2 is 1.72 bits per heavy atom. The fourth-order valence-electron chi connectivity index (χ4n) is 1.89. The summed E-state index contributed by atoms with van der Waals surface area (Å²) in [6.07, 6.45) is 0. The smallest absolute Gasteiger partial charge is 0.161 e. The Balaban J connectivity index is 2.68. The maximum absolute atomic E-state index is 12.9. The molecule has 0 unspecified atom stereocenters. The molecule has 2 rings (SSSR count). The van der Waals surface area contributed by atoms with Gasteiger partial charge >= 0.3 is 0 Å². The Labute approximate surface area is 110 Å². The molecule has 0 radical (unpaired) electrons. The Morgan fingerprint density at radius 3 is 2.28 bits per heavy atom. The number of benzene rings is 2. The van der Waals surface area contributed by atoms with Crippen LogP contribution >= 0.6 is 11.6 Å². The minimum atomic E-state index is -0.304. The van der Waals surface area contributed by atoms with Crippen molar-refractivity contribution in [2.75, 3.05) is 0 Å². The standard InChI is InChI=1S/C15H12ClFO/c1-9-3-8-13(14(10(2)18)15(9)16)11-4-6-12(17)7-5-11/h3-8H,1-2H3. The third-order valence-corrected chi connectivity index (χ3v) is 3.33. The van der Waals surface area contributed by atoms with Crippen molar-refractivity contribution in [1.82, 2.24) is 0 Å². The highest BCUT2D eigenvalue weighted by molar-refractivity contribution is 6.35. The third-order valence-electron chi connectivity index (χ3n) is 2.84. The van der Waals surface area contributed by atoms with Crippen molar-refractivity contribution in [2.24, 2.45) is 0 Å². The molecule has 0 saturated heterocycles. The maximum atomic E-state index is 12.9. The lowest BCUT2D eigenvalue weighted by molar-refractivity contribution is 0.101. The van der Waals surface area contributed by atoms with Crippen molar-refractivity contribution in [3.8, 4) is 11.1 Å². The van der Waals surface area contributed by atoms with E-state index in [1.807, 2.05) is 19.1 Å². The van der Waals surface area contributed by atoms with E-state index in [9.17, 15) is 9.18 Å². The highest BCUT2D eigenvalue weighted by atomic mass is 35.5. The summed E-state index contributed by atoms with van der Waals surface area (Å²) in [6, 6.07) is 9.71. The van der Waals surface area contributed by atoms with Gasteiger partial charge in [-0.15, -0.1) is 0 Å². The minimum Gasteiger partial charge on any atom is -0.294 e. The molecule has 0 aromatic heterocycles. The second-order valence-corrected chi connectivity index (χ2v) is 4.56. The van der Waals surface area contributed by atoms with E-state index in [0.29, 0.717) is 10.6 Å². The van der Waals surface area contributed by atoms with Crippen molar-refractivity contribution in [3.05, 3.63) is 58.4 Å². The van der Waals surface area contributed by atoms with Crippen LogP contribution in [0.25, 0.3) is 11.1 Å². The largest absolute Gasteiger partial charge is 0.294 e. The highest BCUT2D eigenvalue weighted by Gasteiger charge is 2.15. The quantitative estimate of drug-likeness (QED) is 0.720. The maximum Gasteiger partial charge on any atom is 0.161 e. The molecular formula is C15H12ClFO. The first-order valence-electron chi connectivity index (χ1n) is 5.56. The van der Waals surface area contributed by atoms with Crippen LogP contribution in [0.2, 0.25) is 5.02 Å². The topological polar surface area (TPSA) is 17.1 Å². The molecule has 18 heavy (non-hydrogen) atoms. The number of ketones is 1. The lowest BCUT2D eigenvalue weighted by Crippen LogP contribution is -1.99. The van der Waals surface area contributed by atoms with Crippen molar-refractivity contribution < 1.29 is 9.18 Å². The van der Waals surface area contributed by atoms with Crippen molar-refractivity contribution in [1.29, 1.82) is 0 Å². The molecule has 1 nitrogen and oxygen atoms in total. The molecule has 0 atom stereocenters. The molecule has 0 heterocycles. The van der Waals surface area contributed by atoms with Crippen molar-refractivity contribution >= 4 is 17.4 Å². The van der Waals surface area contributed by atoms with Crippen LogP contribution in [0, 0.1) is 12.7 Å². The van der Waals surface area contributed by atoms with Gasteiger partial charge in [0, 0.05) is 5.56 Å². The van der Waals surface area contributed by atoms with Crippen LogP contribution in [0.4, 0.5) is 4.39 Å². The average Bonchev–Trinajstić information content (AvgIpc) is 2.33. The van der Waals surface area contributed by atoms with Gasteiger partial charge in [-0.3, -0.25) is 4.79 Å². The zero-order valence-corrected chi connectivity index (χ0v) is 10.9. The van der Waals surface area contributed by atoms with Gasteiger partial charge in [0.1, 0.15) is 5.82 Å². The second-order valence-electron chi connectivity index (χ2n) is 4.18. The SMILES string of the molecule is CC(=O)c1c(-c2ccc(F)cc2)ccc(C)c1Cl. The van der Waals surface area contributed by atoms with E-state index < -0.39 is 0 Å². The molecule has 0 bridgehead atoms. The zero-order chi connectivity index (χ0) is 13.3. The zero-order valence-electron chi connectivity index (χ0n) is 10.1. The van der Waals surface area contributed by atoms with Crippen LogP contribution < -0.4 is 0 Å². The molecule has 0 spiro atoms. The van der Waals surface area contributed by atoms with Crippen molar-refractivity contribution in [3.63, 3.8) is 0 Å². The summed E-state index contributed by atoms with van der Waals surface area (Å²) in [5.74, 6) is -0.399. The molecule has 2 aromatic carbocycles. The van der Waals surface area contributed by atoms with E-state index in [1.54, 1.807) is 12.1 Å². The van der Waals surface area contributed by atoms with Gasteiger partial charge in [-0.2, -0.15) is 0 Å². The summed E-state index contributed by atoms with van der Waals surface area (Å²) in [5, 5.41) is 0.462. The molecule has 92 valence electrons. The molecule has 0 N–H and O–H groups in total. The molecule has 0 aliphatic rings. The van der Waals surface area contributed by atoms with Gasteiger partial charge < -0.3 is 0 Å². The van der Waals surface area contributed by atoms with Crippen molar-refractivity contribution in [2.45, 2.75) is 13.8 Å². The second kappa shape index (κ2) is 4.91. The predicted molar refractivity (Wildman–Crippen MR) is 71.6 cm³/mol. The Hall–Kier alpha value is -1.67. The van der Waals surface area contributed by atoms with Gasteiger partial charge in [0.15, 0.2) is 5.78 Å². The number of halogens is 2. The fraction of sp³-hybridized carbons (Fsp3) is 0.133. The van der Waals surface area contributed by atoms with Crippen LogP contribution in [0.15, 0.2) is 36.4 Å². The molecule has 0 amide bonds. The van der Waals surface area contributed by atoms with Gasteiger partial charge in [-0.25, -0.2) is 4.39 Å². The summed E-state index contributed by atoms with van der Waals surface area (Å²) in [4.78, 5) is 11.7. The number of aryl methyl sites for hydroxylation is 1. The summed E-state index contributed by atoms with van der Waals surface area (Å²) in [7, 11) is 0. The molecular weight excluding hydrogens is 251 g/mol. The average molecular weight is 263 g/mol. The first-order valence-corrected chi connectivity index (χ1v) is 5.94. The monoisotopic (exact) mass is 262 g/mol. The van der Waals surface area contributed by atoms with Crippen LogP contribution in [0.1, 0.15) is 22.8 Å². The van der Waals surface area contributed by atoms with Gasteiger partial charge in [0.05, 0.1) is 5.02 Å². The van der Waals surface area contributed by atoms with Gasteiger partial charge in [-0.1, -0.05) is 35.9 Å². The lowest BCUT2D eigenvalue weighted by atomic mass is 9.95. The Bertz CT molecular complexity index is 603. The number of hydrogen-bond donors (Lipinski definition) is 0. The highest BCUT2D eigenvalue weighted by Crippen LogP contribution is 2.32. The summed E-state index contributed by atoms with van der Waals surface area (Å²) >= 11 is 6.18. The fourth-order valence-corrected chi connectivity index (χ4v) is 2.19.